The molecule has 140 valence electrons. The highest BCUT2D eigenvalue weighted by molar-refractivity contribution is 7.99. The number of phenols is 1. The Kier molecular flexibility index (Phi) is 5.44. The molecule has 11 heteroatoms. The molecule has 0 spiro atoms. The van der Waals surface area contributed by atoms with Crippen LogP contribution in [0.2, 0.25) is 0 Å². The van der Waals surface area contributed by atoms with E-state index in [9.17, 15) is 18.3 Å². The Morgan fingerprint density at radius 1 is 1.11 bits per heavy atom. The molecule has 1 amide bonds. The first kappa shape index (κ1) is 18.9. The number of carbonyl (C=O) groups is 1. The van der Waals surface area contributed by atoms with Gasteiger partial charge >= 0.3 is 0 Å². The van der Waals surface area contributed by atoms with Gasteiger partial charge in [-0.15, -0.1) is 10.2 Å². The van der Waals surface area contributed by atoms with Gasteiger partial charge in [-0.25, -0.2) is 13.6 Å². The number of hydrogen-bond acceptors (Lipinski definition) is 8. The second-order valence-electron chi connectivity index (χ2n) is 5.33. The molecule has 0 saturated heterocycles. The molecule has 3 rings (SSSR count). The minimum atomic E-state index is -3.78. The topological polar surface area (TPSA) is 148 Å². The molecule has 2 aromatic carbocycles. The number of carbonyl (C=O) groups excluding carboxylic acids is 1. The number of rotatable bonds is 6. The summed E-state index contributed by atoms with van der Waals surface area (Å²) in [7, 11) is -3.78. The fraction of sp³-hybridized carbons (Fsp3) is 0.0625. The van der Waals surface area contributed by atoms with Gasteiger partial charge in [0.25, 0.3) is 5.22 Å². The zero-order valence-corrected chi connectivity index (χ0v) is 15.3. The molecular formula is C16H14N4O5S2. The van der Waals surface area contributed by atoms with Gasteiger partial charge in [0.2, 0.25) is 21.8 Å². The number of primary sulfonamides is 1. The molecule has 3 aromatic rings. The van der Waals surface area contributed by atoms with E-state index in [1.54, 1.807) is 12.1 Å². The van der Waals surface area contributed by atoms with Crippen molar-refractivity contribution in [3.05, 3.63) is 48.5 Å². The molecule has 1 aromatic heterocycles. The van der Waals surface area contributed by atoms with E-state index in [2.05, 4.69) is 15.5 Å². The number of amides is 1. The van der Waals surface area contributed by atoms with Gasteiger partial charge in [-0.05, 0) is 48.5 Å². The summed E-state index contributed by atoms with van der Waals surface area (Å²) in [5, 5.41) is 24.9. The van der Waals surface area contributed by atoms with Crippen LogP contribution in [0.3, 0.4) is 0 Å². The van der Waals surface area contributed by atoms with E-state index < -0.39 is 10.0 Å². The van der Waals surface area contributed by atoms with Crippen LogP contribution in [0.25, 0.3) is 11.5 Å². The highest BCUT2D eigenvalue weighted by Crippen LogP contribution is 2.24. The monoisotopic (exact) mass is 406 g/mol. The Morgan fingerprint density at radius 2 is 1.78 bits per heavy atom. The Hall–Kier alpha value is -2.89. The third-order valence-corrected chi connectivity index (χ3v) is 5.06. The van der Waals surface area contributed by atoms with Gasteiger partial charge in [-0.1, -0.05) is 11.8 Å². The molecular weight excluding hydrogens is 392 g/mol. The van der Waals surface area contributed by atoms with E-state index >= 15 is 0 Å². The predicted octanol–water partition coefficient (Wildman–Crippen LogP) is 1.82. The summed E-state index contributed by atoms with van der Waals surface area (Å²) >= 11 is 1.06. The number of nitrogens with one attached hydrogen (secondary N) is 1. The summed E-state index contributed by atoms with van der Waals surface area (Å²) in [5.41, 5.74) is 1.08. The van der Waals surface area contributed by atoms with Crippen LogP contribution in [0.5, 0.6) is 5.75 Å². The smallest absolute Gasteiger partial charge is 0.277 e. The van der Waals surface area contributed by atoms with E-state index in [4.69, 9.17) is 9.56 Å². The summed E-state index contributed by atoms with van der Waals surface area (Å²) in [6.45, 7) is 0. The Morgan fingerprint density at radius 3 is 2.41 bits per heavy atom. The molecule has 0 bridgehead atoms. The number of aromatic hydroxyl groups is 1. The van der Waals surface area contributed by atoms with Crippen LogP contribution in [0.4, 0.5) is 5.69 Å². The number of nitrogens with two attached hydrogens (primary N) is 1. The number of aromatic nitrogens is 2. The van der Waals surface area contributed by atoms with Crippen LogP contribution in [-0.2, 0) is 14.8 Å². The summed E-state index contributed by atoms with van der Waals surface area (Å²) in [5.74, 6) is 0.0968. The largest absolute Gasteiger partial charge is 0.508 e. The van der Waals surface area contributed by atoms with Crippen molar-refractivity contribution in [3.8, 4) is 17.2 Å². The number of anilines is 1. The fourth-order valence-electron chi connectivity index (χ4n) is 2.04. The average molecular weight is 406 g/mol. The first-order chi connectivity index (χ1) is 12.8. The molecule has 27 heavy (non-hydrogen) atoms. The lowest BCUT2D eigenvalue weighted by Gasteiger charge is -2.05. The SMILES string of the molecule is NS(=O)(=O)c1ccc(NC(=O)CSc2nnc(-c3ccc(O)cc3)o2)cc1. The number of benzene rings is 2. The normalized spacial score (nSPS) is 11.3. The highest BCUT2D eigenvalue weighted by atomic mass is 32.2. The van der Waals surface area contributed by atoms with Gasteiger partial charge in [0.1, 0.15) is 5.75 Å². The van der Waals surface area contributed by atoms with E-state index in [-0.39, 0.29) is 33.4 Å². The lowest BCUT2D eigenvalue weighted by molar-refractivity contribution is -0.113. The van der Waals surface area contributed by atoms with Crippen molar-refractivity contribution in [3.63, 3.8) is 0 Å². The maximum Gasteiger partial charge on any atom is 0.277 e. The molecule has 0 radical (unpaired) electrons. The summed E-state index contributed by atoms with van der Waals surface area (Å²) in [6, 6.07) is 11.8. The van der Waals surface area contributed by atoms with E-state index in [0.717, 1.165) is 11.8 Å². The van der Waals surface area contributed by atoms with Gasteiger partial charge in [0.05, 0.1) is 10.6 Å². The van der Waals surface area contributed by atoms with Crippen LogP contribution in [0, 0.1) is 0 Å². The Bertz CT molecular complexity index is 1050. The average Bonchev–Trinajstić information content (AvgIpc) is 3.09. The molecule has 9 nitrogen and oxygen atoms in total. The number of nitrogens with zero attached hydrogens (tertiary/aromatic N) is 2. The third-order valence-electron chi connectivity index (χ3n) is 3.31. The lowest BCUT2D eigenvalue weighted by atomic mass is 10.2. The molecule has 4 N–H and O–H groups in total. The van der Waals surface area contributed by atoms with Gasteiger partial charge in [-0.3, -0.25) is 4.79 Å². The number of sulfonamides is 1. The van der Waals surface area contributed by atoms with Crippen molar-refractivity contribution in [2.75, 3.05) is 11.1 Å². The van der Waals surface area contributed by atoms with E-state index in [1.165, 1.54) is 36.4 Å². The zero-order valence-electron chi connectivity index (χ0n) is 13.7. The molecule has 0 atom stereocenters. The van der Waals surface area contributed by atoms with Crippen LogP contribution < -0.4 is 10.5 Å². The van der Waals surface area contributed by atoms with Gasteiger partial charge in [0.15, 0.2) is 0 Å². The molecule has 0 fully saturated rings. The highest BCUT2D eigenvalue weighted by Gasteiger charge is 2.12. The Labute approximate surface area is 158 Å². The fourth-order valence-corrected chi connectivity index (χ4v) is 3.12. The van der Waals surface area contributed by atoms with Gasteiger partial charge < -0.3 is 14.8 Å². The maximum atomic E-state index is 12.0. The van der Waals surface area contributed by atoms with Crippen molar-refractivity contribution in [2.24, 2.45) is 5.14 Å². The second-order valence-corrected chi connectivity index (χ2v) is 7.81. The first-order valence-corrected chi connectivity index (χ1v) is 10.0. The molecule has 1 heterocycles. The molecule has 0 saturated carbocycles. The van der Waals surface area contributed by atoms with Crippen molar-refractivity contribution in [2.45, 2.75) is 10.1 Å². The van der Waals surface area contributed by atoms with Crippen molar-refractivity contribution < 1.29 is 22.7 Å². The van der Waals surface area contributed by atoms with Crippen molar-refractivity contribution in [1.29, 1.82) is 0 Å². The summed E-state index contributed by atoms with van der Waals surface area (Å²) in [6.07, 6.45) is 0. The summed E-state index contributed by atoms with van der Waals surface area (Å²) < 4.78 is 27.9. The van der Waals surface area contributed by atoms with E-state index in [0.29, 0.717) is 11.3 Å². The number of phenolic OH excluding ortho intramolecular Hbond substituents is 1. The first-order valence-electron chi connectivity index (χ1n) is 7.50. The quantitative estimate of drug-likeness (QED) is 0.525. The second kappa shape index (κ2) is 7.78. The van der Waals surface area contributed by atoms with Gasteiger partial charge in [0, 0.05) is 11.3 Å². The molecule has 0 aliphatic heterocycles. The lowest BCUT2D eigenvalue weighted by Crippen LogP contribution is -2.15. The zero-order chi connectivity index (χ0) is 19.4. The standard InChI is InChI=1S/C16H14N4O5S2/c17-27(23,24)13-7-3-11(4-8-13)18-14(22)9-26-16-20-19-15(25-16)10-1-5-12(21)6-2-10/h1-8,21H,9H2,(H,18,22)(H2,17,23,24). The van der Waals surface area contributed by atoms with Crippen LogP contribution in [0.1, 0.15) is 0 Å². The number of thioether (sulfide) groups is 1. The predicted molar refractivity (Wildman–Crippen MR) is 98.6 cm³/mol. The number of hydrogen-bond donors (Lipinski definition) is 3. The molecule has 0 aliphatic rings. The van der Waals surface area contributed by atoms with Crippen molar-refractivity contribution >= 4 is 33.4 Å². The molecule has 0 aliphatic carbocycles. The minimum absolute atomic E-state index is 0.0220. The summed E-state index contributed by atoms with van der Waals surface area (Å²) in [4.78, 5) is 12.0. The van der Waals surface area contributed by atoms with Crippen molar-refractivity contribution in [1.82, 2.24) is 10.2 Å². The third kappa shape index (κ3) is 5.06. The van der Waals surface area contributed by atoms with Crippen LogP contribution >= 0.6 is 11.8 Å². The molecule has 0 unspecified atom stereocenters. The maximum absolute atomic E-state index is 12.0. The Balaban J connectivity index is 1.56. The van der Waals surface area contributed by atoms with Crippen LogP contribution in [0.15, 0.2) is 63.1 Å². The van der Waals surface area contributed by atoms with E-state index in [1.807, 2.05) is 0 Å². The minimum Gasteiger partial charge on any atom is -0.508 e. The van der Waals surface area contributed by atoms with Gasteiger partial charge in [-0.2, -0.15) is 0 Å². The van der Waals surface area contributed by atoms with Crippen LogP contribution in [-0.4, -0.2) is 35.4 Å².